The summed E-state index contributed by atoms with van der Waals surface area (Å²) in [5.74, 6) is 0. The van der Waals surface area contributed by atoms with Gasteiger partial charge in [-0.3, -0.25) is 0 Å². The lowest BCUT2D eigenvalue weighted by Gasteiger charge is -2.46. The molecule has 0 amide bonds. The molecular formula is C17H19BrINOS. The summed E-state index contributed by atoms with van der Waals surface area (Å²) in [7, 11) is 1.82. The second-order valence-corrected chi connectivity index (χ2v) is 8.25. The number of nitrogens with zero attached hydrogens (tertiary/aromatic N) is 1. The number of rotatable bonds is 3. The fraction of sp³-hybridized carbons (Fsp3) is 0.588. The van der Waals surface area contributed by atoms with E-state index in [9.17, 15) is 0 Å². The van der Waals surface area contributed by atoms with Crippen LogP contribution in [0.1, 0.15) is 36.8 Å². The Hall–Kier alpha value is 0.190. The lowest BCUT2D eigenvalue weighted by atomic mass is 9.62. The highest BCUT2D eigenvalue weighted by Gasteiger charge is 2.58. The van der Waals surface area contributed by atoms with E-state index in [1.807, 2.05) is 7.11 Å². The molecule has 1 aromatic carbocycles. The monoisotopic (exact) mass is 491 g/mol. The largest absolute Gasteiger partial charge is 0.381 e. The second-order valence-electron chi connectivity index (χ2n) is 6.39. The quantitative estimate of drug-likeness (QED) is 0.247. The van der Waals surface area contributed by atoms with Gasteiger partial charge in [0.25, 0.3) is 0 Å². The van der Waals surface area contributed by atoms with Gasteiger partial charge in [0, 0.05) is 21.4 Å². The maximum Gasteiger partial charge on any atom is 0.111 e. The Morgan fingerprint density at radius 1 is 1.45 bits per heavy atom. The minimum atomic E-state index is -0.229. The number of hydrogen-bond donors (Lipinski definition) is 0. The van der Waals surface area contributed by atoms with Crippen LogP contribution in [0, 0.1) is 5.41 Å². The molecule has 0 aliphatic heterocycles. The van der Waals surface area contributed by atoms with Crippen LogP contribution in [0.5, 0.6) is 0 Å². The summed E-state index contributed by atoms with van der Waals surface area (Å²) >= 11 is 11.1. The molecule has 5 heteroatoms. The summed E-state index contributed by atoms with van der Waals surface area (Å²) in [6.07, 6.45) is 5.98. The number of methoxy groups -OCH3 is 1. The fourth-order valence-electron chi connectivity index (χ4n) is 4.35. The first-order chi connectivity index (χ1) is 10.6. The third-order valence-corrected chi connectivity index (χ3v) is 7.27. The van der Waals surface area contributed by atoms with Gasteiger partial charge in [-0.15, -0.1) is 0 Å². The van der Waals surface area contributed by atoms with Crippen LogP contribution in [0.3, 0.4) is 0 Å². The Morgan fingerprint density at radius 3 is 2.77 bits per heavy atom. The van der Waals surface area contributed by atoms with E-state index in [1.54, 1.807) is 0 Å². The van der Waals surface area contributed by atoms with Crippen molar-refractivity contribution in [3.63, 3.8) is 0 Å². The van der Waals surface area contributed by atoms with Gasteiger partial charge in [0.2, 0.25) is 0 Å². The van der Waals surface area contributed by atoms with E-state index in [-0.39, 0.29) is 11.0 Å². The maximum absolute atomic E-state index is 5.58. The van der Waals surface area contributed by atoms with Gasteiger partial charge in [-0.1, -0.05) is 44.6 Å². The zero-order valence-corrected chi connectivity index (χ0v) is 17.1. The van der Waals surface area contributed by atoms with Gasteiger partial charge in [-0.05, 0) is 67.6 Å². The molecule has 0 aromatic heterocycles. The summed E-state index contributed by atoms with van der Waals surface area (Å²) in [6.45, 7) is 0. The molecule has 2 nitrogen and oxygen atoms in total. The van der Waals surface area contributed by atoms with Crippen molar-refractivity contribution in [1.29, 1.82) is 0 Å². The lowest BCUT2D eigenvalue weighted by molar-refractivity contribution is 0.00330. The van der Waals surface area contributed by atoms with E-state index in [4.69, 9.17) is 21.9 Å². The third kappa shape index (κ3) is 2.53. The molecule has 1 atom stereocenters. The highest BCUT2D eigenvalue weighted by atomic mass is 127. The van der Waals surface area contributed by atoms with E-state index < -0.39 is 0 Å². The van der Waals surface area contributed by atoms with Crippen LogP contribution < -0.4 is 0 Å². The van der Waals surface area contributed by atoms with E-state index in [0.717, 1.165) is 41.0 Å². The minimum absolute atomic E-state index is 0.165. The molecule has 0 radical (unpaired) electrons. The summed E-state index contributed by atoms with van der Waals surface area (Å²) in [5, 5.41) is 2.72. The number of benzene rings is 1. The van der Waals surface area contributed by atoms with Crippen LogP contribution in [0.4, 0.5) is 0 Å². The number of fused-ring (bicyclic) bond motifs is 1. The van der Waals surface area contributed by atoms with E-state index in [2.05, 4.69) is 61.9 Å². The first-order valence-corrected chi connectivity index (χ1v) is 10.3. The molecule has 22 heavy (non-hydrogen) atoms. The number of halogens is 2. The van der Waals surface area contributed by atoms with Crippen molar-refractivity contribution < 1.29 is 4.74 Å². The Bertz CT molecular complexity index is 623. The number of hydrogen-bond acceptors (Lipinski definition) is 3. The molecule has 1 saturated carbocycles. The average Bonchev–Trinajstić information content (AvgIpc) is 2.79. The average molecular weight is 492 g/mol. The maximum atomic E-state index is 5.58. The predicted octanol–water partition coefficient (Wildman–Crippen LogP) is 5.31. The lowest BCUT2D eigenvalue weighted by Crippen LogP contribution is -2.46. The van der Waals surface area contributed by atoms with Gasteiger partial charge in [0.05, 0.1) is 11.3 Å². The van der Waals surface area contributed by atoms with Crippen molar-refractivity contribution in [1.82, 2.24) is 0 Å². The number of ether oxygens (including phenoxy) is 1. The molecule has 2 aliphatic rings. The highest BCUT2D eigenvalue weighted by Crippen LogP contribution is 2.60. The van der Waals surface area contributed by atoms with Crippen LogP contribution in [-0.4, -0.2) is 22.8 Å². The molecule has 1 unspecified atom stereocenters. The smallest absolute Gasteiger partial charge is 0.111 e. The SMILES string of the molecule is CO[C@H]1CC[C@]2(CC1)Cc1ccc(Br)cc1C2(CI)N=C=S. The normalized spacial score (nSPS) is 33.5. The Morgan fingerprint density at radius 2 is 2.18 bits per heavy atom. The first kappa shape index (κ1) is 17.0. The zero-order chi connectivity index (χ0) is 15.8. The summed E-state index contributed by atoms with van der Waals surface area (Å²) in [5.41, 5.74) is 2.69. The number of aliphatic imine (C=N–C) groups is 1. The van der Waals surface area contributed by atoms with Crippen molar-refractivity contribution in [2.24, 2.45) is 10.4 Å². The van der Waals surface area contributed by atoms with Gasteiger partial charge >= 0.3 is 0 Å². The summed E-state index contributed by atoms with van der Waals surface area (Å²) < 4.78 is 7.63. The summed E-state index contributed by atoms with van der Waals surface area (Å²) in [4.78, 5) is 4.78. The van der Waals surface area contributed by atoms with Gasteiger partial charge in [-0.2, -0.15) is 0 Å². The van der Waals surface area contributed by atoms with Crippen LogP contribution in [0.2, 0.25) is 0 Å². The Balaban J connectivity index is 2.10. The molecule has 2 aliphatic carbocycles. The van der Waals surface area contributed by atoms with Gasteiger partial charge in [-0.25, -0.2) is 4.99 Å². The minimum Gasteiger partial charge on any atom is -0.381 e. The van der Waals surface area contributed by atoms with Crippen molar-refractivity contribution in [2.75, 3.05) is 11.5 Å². The van der Waals surface area contributed by atoms with Gasteiger partial charge in [0.1, 0.15) is 5.54 Å². The zero-order valence-electron chi connectivity index (χ0n) is 12.6. The van der Waals surface area contributed by atoms with Crippen LogP contribution in [-0.2, 0) is 16.7 Å². The van der Waals surface area contributed by atoms with E-state index >= 15 is 0 Å². The molecule has 1 spiro atoms. The molecule has 0 heterocycles. The topological polar surface area (TPSA) is 21.6 Å². The Labute approximate surface area is 159 Å². The van der Waals surface area contributed by atoms with Crippen LogP contribution in [0.15, 0.2) is 27.7 Å². The van der Waals surface area contributed by atoms with Crippen molar-refractivity contribution in [2.45, 2.75) is 43.7 Å². The standard InChI is InChI=1S/C17H19BrINOS/c1-21-14-4-6-16(7-5-14)9-12-2-3-13(18)8-15(12)17(16,10-19)20-11-22/h2-3,8,14H,4-7,9-10H2,1H3/t14-,16-,17?. The van der Waals surface area contributed by atoms with Crippen molar-refractivity contribution >= 4 is 55.9 Å². The molecule has 3 rings (SSSR count). The van der Waals surface area contributed by atoms with Gasteiger partial charge < -0.3 is 4.74 Å². The highest BCUT2D eigenvalue weighted by molar-refractivity contribution is 14.1. The molecule has 118 valence electrons. The molecule has 0 saturated heterocycles. The third-order valence-electron chi connectivity index (χ3n) is 5.58. The molecule has 0 N–H and O–H groups in total. The predicted molar refractivity (Wildman–Crippen MR) is 105 cm³/mol. The van der Waals surface area contributed by atoms with Crippen LogP contribution >= 0.6 is 50.7 Å². The molecule has 0 bridgehead atoms. The second kappa shape index (κ2) is 6.60. The van der Waals surface area contributed by atoms with Crippen molar-refractivity contribution in [3.05, 3.63) is 33.8 Å². The fourth-order valence-corrected chi connectivity index (χ4v) is 6.26. The van der Waals surface area contributed by atoms with E-state index in [0.29, 0.717) is 6.10 Å². The summed E-state index contributed by atoms with van der Waals surface area (Å²) in [6, 6.07) is 6.62. The van der Waals surface area contributed by atoms with Crippen LogP contribution in [0.25, 0.3) is 0 Å². The first-order valence-electron chi connectivity index (χ1n) is 7.57. The molecule has 1 aromatic rings. The van der Waals surface area contributed by atoms with Gasteiger partial charge in [0.15, 0.2) is 0 Å². The number of alkyl halides is 1. The molecular weight excluding hydrogens is 473 g/mol. The Kier molecular flexibility index (Phi) is 5.10. The van der Waals surface area contributed by atoms with Crippen molar-refractivity contribution in [3.8, 4) is 0 Å². The number of thiocarbonyl (C=S) groups is 1. The molecule has 1 fully saturated rings. The van der Waals surface area contributed by atoms with E-state index in [1.165, 1.54) is 11.1 Å². The number of isothiocyanates is 1.